The van der Waals surface area contributed by atoms with E-state index in [4.69, 9.17) is 4.98 Å². The van der Waals surface area contributed by atoms with Crippen molar-refractivity contribution in [1.29, 1.82) is 0 Å². The minimum atomic E-state index is 0.150. The topological polar surface area (TPSA) is 38.7 Å². The van der Waals surface area contributed by atoms with Crippen molar-refractivity contribution in [2.75, 3.05) is 0 Å². The first kappa shape index (κ1) is 27.8. The number of thiophene rings is 1. The monoisotopic (exact) mass is 563 g/mol. The molecule has 0 aliphatic rings. The molecule has 4 aromatic heterocycles. The van der Waals surface area contributed by atoms with Crippen LogP contribution in [0.3, 0.4) is 0 Å². The number of aromatic nitrogens is 3. The van der Waals surface area contributed by atoms with Crippen LogP contribution in [0.15, 0.2) is 97.3 Å². The molecule has 6 aromatic rings. The smallest absolute Gasteiger partial charge is 0.255 e. The second-order valence-electron chi connectivity index (χ2n) is 11.3. The molecule has 0 saturated carbocycles. The molecule has 0 bridgehead atoms. The molecule has 0 saturated heterocycles. The van der Waals surface area contributed by atoms with Gasteiger partial charge in [-0.05, 0) is 94.3 Å². The lowest BCUT2D eigenvalue weighted by Gasteiger charge is -2.23. The maximum atomic E-state index is 4.98. The van der Waals surface area contributed by atoms with Crippen molar-refractivity contribution in [2.24, 2.45) is 0 Å². The molecule has 4 heterocycles. The summed E-state index contributed by atoms with van der Waals surface area (Å²) in [5.74, 6) is 0. The van der Waals surface area contributed by atoms with Crippen LogP contribution >= 0.6 is 11.3 Å². The summed E-state index contributed by atoms with van der Waals surface area (Å²) in [5.41, 5.74) is 15.3. The minimum absolute atomic E-state index is 0.150. The van der Waals surface area contributed by atoms with Gasteiger partial charge in [0, 0.05) is 17.3 Å². The lowest BCUT2D eigenvalue weighted by molar-refractivity contribution is 1.22. The molecule has 0 spiro atoms. The Bertz CT molecular complexity index is 1730. The molecule has 0 unspecified atom stereocenters. The third kappa shape index (κ3) is 5.45. The van der Waals surface area contributed by atoms with Gasteiger partial charge in [-0.1, -0.05) is 86.8 Å². The molecular formula is C37H34BN3S. The maximum Gasteiger partial charge on any atom is 0.255 e. The number of hydrogen-bond acceptors (Lipinski definition) is 4. The summed E-state index contributed by atoms with van der Waals surface area (Å²) < 4.78 is 1.34. The average molecular weight is 564 g/mol. The molecule has 3 nitrogen and oxygen atoms in total. The highest BCUT2D eigenvalue weighted by Crippen LogP contribution is 2.31. The van der Waals surface area contributed by atoms with Crippen LogP contribution in [-0.2, 0) is 0 Å². The molecule has 0 atom stereocenters. The molecule has 0 N–H and O–H groups in total. The first-order valence-corrected chi connectivity index (χ1v) is 15.2. The zero-order valence-corrected chi connectivity index (χ0v) is 25.9. The Hall–Kier alpha value is -4.35. The molecule has 42 heavy (non-hydrogen) atoms. The zero-order valence-electron chi connectivity index (χ0n) is 25.1. The molecule has 5 heteroatoms. The Morgan fingerprint density at radius 2 is 1.00 bits per heavy atom. The van der Waals surface area contributed by atoms with Gasteiger partial charge in [-0.2, -0.15) is 0 Å². The van der Waals surface area contributed by atoms with Gasteiger partial charge in [0.25, 0.3) is 6.71 Å². The number of rotatable bonds is 6. The first-order valence-electron chi connectivity index (χ1n) is 14.4. The van der Waals surface area contributed by atoms with E-state index in [2.05, 4.69) is 100 Å². The van der Waals surface area contributed by atoms with Crippen LogP contribution in [-0.4, -0.2) is 21.7 Å². The number of nitrogens with zero attached hydrogens (tertiary/aromatic N) is 3. The Morgan fingerprint density at radius 1 is 0.524 bits per heavy atom. The predicted octanol–water partition coefficient (Wildman–Crippen LogP) is 7.30. The van der Waals surface area contributed by atoms with E-state index in [0.29, 0.717) is 0 Å². The van der Waals surface area contributed by atoms with Gasteiger partial charge in [0.2, 0.25) is 0 Å². The van der Waals surface area contributed by atoms with E-state index >= 15 is 0 Å². The van der Waals surface area contributed by atoms with Crippen molar-refractivity contribution in [3.05, 3.63) is 131 Å². The average Bonchev–Trinajstić information content (AvgIpc) is 3.46. The highest BCUT2D eigenvalue weighted by molar-refractivity contribution is 7.29. The van der Waals surface area contributed by atoms with Crippen molar-refractivity contribution in [3.63, 3.8) is 0 Å². The Labute approximate surface area is 253 Å². The standard InChI is InChI=1S/C37H34BN3S/c1-23-17-25(3)36(26(4)18-23)38(37-27(5)19-24(2)20-28(37)6)35-14-13-34(42-35)29-21-32(30-11-7-9-15-39-30)41-33(22-29)31-12-8-10-16-40-31/h7-22H,1-6H3. The van der Waals surface area contributed by atoms with E-state index < -0.39 is 0 Å². The summed E-state index contributed by atoms with van der Waals surface area (Å²) in [4.78, 5) is 15.4. The second kappa shape index (κ2) is 11.5. The van der Waals surface area contributed by atoms with E-state index in [9.17, 15) is 0 Å². The Morgan fingerprint density at radius 3 is 1.43 bits per heavy atom. The van der Waals surface area contributed by atoms with E-state index in [-0.39, 0.29) is 6.71 Å². The second-order valence-corrected chi connectivity index (χ2v) is 12.4. The number of pyridine rings is 3. The van der Waals surface area contributed by atoms with Crippen LogP contribution in [0.5, 0.6) is 0 Å². The lowest BCUT2D eigenvalue weighted by atomic mass is 9.37. The van der Waals surface area contributed by atoms with Crippen molar-refractivity contribution in [2.45, 2.75) is 41.5 Å². The molecule has 0 fully saturated rings. The molecule has 0 radical (unpaired) electrons. The van der Waals surface area contributed by atoms with Crippen LogP contribution in [0.25, 0.3) is 33.2 Å². The summed E-state index contributed by atoms with van der Waals surface area (Å²) in [6.07, 6.45) is 3.63. The largest absolute Gasteiger partial charge is 0.255 e. The minimum Gasteiger partial charge on any atom is -0.255 e. The number of aryl methyl sites for hydroxylation is 6. The summed E-state index contributed by atoms with van der Waals surface area (Å²) in [6.45, 7) is 13.6. The van der Waals surface area contributed by atoms with Gasteiger partial charge in [-0.15, -0.1) is 11.3 Å². The molecule has 206 valence electrons. The highest BCUT2D eigenvalue weighted by atomic mass is 32.1. The molecule has 0 aliphatic carbocycles. The zero-order chi connectivity index (χ0) is 29.4. The lowest BCUT2D eigenvalue weighted by Crippen LogP contribution is -2.54. The first-order chi connectivity index (χ1) is 20.3. The third-order valence-corrected chi connectivity index (χ3v) is 9.13. The predicted molar refractivity (Wildman–Crippen MR) is 180 cm³/mol. The summed E-state index contributed by atoms with van der Waals surface area (Å²) in [5, 5.41) is 0. The van der Waals surface area contributed by atoms with Crippen LogP contribution < -0.4 is 15.7 Å². The van der Waals surface area contributed by atoms with Crippen LogP contribution in [0, 0.1) is 41.5 Å². The fraction of sp³-hybridized carbons (Fsp3) is 0.162. The van der Waals surface area contributed by atoms with Gasteiger partial charge >= 0.3 is 0 Å². The van der Waals surface area contributed by atoms with Crippen LogP contribution in [0.4, 0.5) is 0 Å². The van der Waals surface area contributed by atoms with Gasteiger partial charge in [0.05, 0.1) is 22.8 Å². The van der Waals surface area contributed by atoms with E-state index in [1.165, 1.54) is 54.0 Å². The van der Waals surface area contributed by atoms with Crippen LogP contribution in [0.1, 0.15) is 33.4 Å². The fourth-order valence-corrected chi connectivity index (χ4v) is 7.46. The summed E-state index contributed by atoms with van der Waals surface area (Å²) in [6, 6.07) is 30.1. The van der Waals surface area contributed by atoms with Crippen molar-refractivity contribution in [1.82, 2.24) is 15.0 Å². The maximum absolute atomic E-state index is 4.98. The number of benzene rings is 2. The van der Waals surface area contributed by atoms with Crippen molar-refractivity contribution in [3.8, 4) is 33.2 Å². The van der Waals surface area contributed by atoms with E-state index in [0.717, 1.165) is 28.3 Å². The Kier molecular flexibility index (Phi) is 7.61. The van der Waals surface area contributed by atoms with Gasteiger partial charge < -0.3 is 0 Å². The third-order valence-electron chi connectivity index (χ3n) is 7.93. The van der Waals surface area contributed by atoms with Crippen molar-refractivity contribution >= 4 is 33.8 Å². The van der Waals surface area contributed by atoms with Crippen molar-refractivity contribution < 1.29 is 0 Å². The van der Waals surface area contributed by atoms with Gasteiger partial charge in [-0.3, -0.25) is 9.97 Å². The number of hydrogen-bond donors (Lipinski definition) is 0. The highest BCUT2D eigenvalue weighted by Gasteiger charge is 2.30. The van der Waals surface area contributed by atoms with Gasteiger partial charge in [0.15, 0.2) is 0 Å². The van der Waals surface area contributed by atoms with E-state index in [1.807, 2.05) is 60.1 Å². The quantitative estimate of drug-likeness (QED) is 0.200. The summed E-state index contributed by atoms with van der Waals surface area (Å²) >= 11 is 1.87. The Balaban J connectivity index is 1.54. The van der Waals surface area contributed by atoms with Gasteiger partial charge in [-0.25, -0.2) is 4.98 Å². The fourth-order valence-electron chi connectivity index (χ4n) is 6.35. The normalized spacial score (nSPS) is 11.1. The van der Waals surface area contributed by atoms with E-state index in [1.54, 1.807) is 0 Å². The van der Waals surface area contributed by atoms with Gasteiger partial charge in [0.1, 0.15) is 0 Å². The molecule has 0 aliphatic heterocycles. The van der Waals surface area contributed by atoms with Crippen LogP contribution in [0.2, 0.25) is 0 Å². The summed E-state index contributed by atoms with van der Waals surface area (Å²) in [7, 11) is 0. The molecular weight excluding hydrogens is 529 g/mol. The molecule has 0 amide bonds. The molecule has 2 aromatic carbocycles. The SMILES string of the molecule is Cc1cc(C)c(B(c2ccc(-c3cc(-c4ccccn4)nc(-c4ccccn4)c3)s2)c2c(C)cc(C)cc2C)c(C)c1. The molecule has 6 rings (SSSR count).